The molecule has 1 aromatic heterocycles. The molecule has 0 aliphatic carbocycles. The van der Waals surface area contributed by atoms with Gasteiger partial charge in [0.2, 0.25) is 0 Å². The Labute approximate surface area is 164 Å². The number of aromatic nitrogens is 2. The molecule has 0 fully saturated rings. The minimum atomic E-state index is -0.703. The van der Waals surface area contributed by atoms with Crippen LogP contribution in [-0.2, 0) is 0 Å². The van der Waals surface area contributed by atoms with Crippen LogP contribution in [0, 0.1) is 0 Å². The summed E-state index contributed by atoms with van der Waals surface area (Å²) in [6.45, 7) is 0. The first kappa shape index (κ1) is 19.7. The van der Waals surface area contributed by atoms with Crippen molar-refractivity contribution in [3.8, 4) is 17.2 Å². The number of hydrogen-bond donors (Lipinski definition) is 3. The summed E-state index contributed by atoms with van der Waals surface area (Å²) in [7, 11) is 4.28. The highest BCUT2D eigenvalue weighted by atomic mass is 16.5. The third-order valence-corrected chi connectivity index (χ3v) is 4.15. The fourth-order valence-corrected chi connectivity index (χ4v) is 2.73. The van der Waals surface area contributed by atoms with Gasteiger partial charge in [-0.05, 0) is 6.07 Å². The van der Waals surface area contributed by atoms with E-state index in [1.54, 1.807) is 24.3 Å². The van der Waals surface area contributed by atoms with E-state index in [0.29, 0.717) is 22.3 Å². The van der Waals surface area contributed by atoms with Crippen LogP contribution in [0.3, 0.4) is 0 Å². The quantitative estimate of drug-likeness (QED) is 0.547. The number of carbonyl (C=O) groups excluding carboxylic acids is 2. The lowest BCUT2D eigenvalue weighted by molar-refractivity contribution is 0.0842. The maximum atomic E-state index is 12.6. The van der Waals surface area contributed by atoms with Gasteiger partial charge in [0.1, 0.15) is 5.75 Å². The van der Waals surface area contributed by atoms with Gasteiger partial charge in [-0.2, -0.15) is 5.10 Å². The Morgan fingerprint density at radius 1 is 0.862 bits per heavy atom. The second kappa shape index (κ2) is 8.30. The topological polar surface area (TPSA) is 132 Å². The monoisotopic (exact) mass is 398 g/mol. The average molecular weight is 398 g/mol. The van der Waals surface area contributed by atoms with Crippen LogP contribution in [0.15, 0.2) is 41.2 Å². The number of fused-ring (bicyclic) bond motifs is 1. The van der Waals surface area contributed by atoms with E-state index in [4.69, 9.17) is 14.2 Å². The molecule has 10 nitrogen and oxygen atoms in total. The zero-order chi connectivity index (χ0) is 21.0. The lowest BCUT2D eigenvalue weighted by Gasteiger charge is -2.14. The zero-order valence-electron chi connectivity index (χ0n) is 15.9. The van der Waals surface area contributed by atoms with E-state index in [1.165, 1.54) is 33.5 Å². The molecule has 2 amide bonds. The first-order chi connectivity index (χ1) is 14.0. The Kier molecular flexibility index (Phi) is 5.63. The van der Waals surface area contributed by atoms with Crippen molar-refractivity contribution in [2.24, 2.45) is 0 Å². The van der Waals surface area contributed by atoms with Crippen molar-refractivity contribution in [2.75, 3.05) is 21.3 Å². The van der Waals surface area contributed by atoms with Gasteiger partial charge in [0.25, 0.3) is 17.4 Å². The Morgan fingerprint density at radius 2 is 1.45 bits per heavy atom. The van der Waals surface area contributed by atoms with Crippen molar-refractivity contribution in [3.63, 3.8) is 0 Å². The van der Waals surface area contributed by atoms with Gasteiger partial charge >= 0.3 is 0 Å². The Balaban J connectivity index is 1.84. The highest BCUT2D eigenvalue weighted by Gasteiger charge is 2.19. The molecular weight excluding hydrogens is 380 g/mol. The smallest absolute Gasteiger partial charge is 0.290 e. The number of amides is 2. The fraction of sp³-hybridized carbons (Fsp3) is 0.158. The number of methoxy groups -OCH3 is 3. The number of nitrogens with zero attached hydrogens (tertiary/aromatic N) is 1. The van der Waals surface area contributed by atoms with Crippen LogP contribution in [0.4, 0.5) is 0 Å². The van der Waals surface area contributed by atoms with Crippen LogP contribution in [-0.4, -0.2) is 43.3 Å². The van der Waals surface area contributed by atoms with Gasteiger partial charge in [-0.15, -0.1) is 0 Å². The predicted octanol–water partition coefficient (Wildman–Crippen LogP) is 1.02. The third-order valence-electron chi connectivity index (χ3n) is 4.15. The molecule has 150 valence electrons. The van der Waals surface area contributed by atoms with Gasteiger partial charge in [0.05, 0.1) is 32.3 Å². The van der Waals surface area contributed by atoms with Crippen molar-refractivity contribution >= 4 is 22.6 Å². The summed E-state index contributed by atoms with van der Waals surface area (Å²) in [5.74, 6) is -0.427. The first-order valence-electron chi connectivity index (χ1n) is 8.38. The number of hydrazine groups is 1. The molecule has 0 saturated heterocycles. The maximum absolute atomic E-state index is 12.6. The molecule has 0 unspecified atom stereocenters. The highest BCUT2D eigenvalue weighted by molar-refractivity contribution is 6.06. The van der Waals surface area contributed by atoms with Crippen LogP contribution in [0.5, 0.6) is 17.2 Å². The molecule has 0 atom stereocenters. The molecule has 10 heteroatoms. The van der Waals surface area contributed by atoms with Crippen molar-refractivity contribution in [1.82, 2.24) is 21.0 Å². The highest BCUT2D eigenvalue weighted by Crippen LogP contribution is 2.34. The molecule has 29 heavy (non-hydrogen) atoms. The molecule has 3 N–H and O–H groups in total. The van der Waals surface area contributed by atoms with E-state index in [2.05, 4.69) is 21.0 Å². The summed E-state index contributed by atoms with van der Waals surface area (Å²) in [4.78, 5) is 36.9. The fourth-order valence-electron chi connectivity index (χ4n) is 2.73. The number of H-pyrrole nitrogens is 1. The lowest BCUT2D eigenvalue weighted by atomic mass is 10.1. The minimum Gasteiger partial charge on any atom is -0.496 e. The number of rotatable bonds is 5. The Morgan fingerprint density at radius 3 is 2.10 bits per heavy atom. The van der Waals surface area contributed by atoms with E-state index in [1.807, 2.05) is 0 Å². The number of benzene rings is 2. The van der Waals surface area contributed by atoms with E-state index < -0.39 is 17.4 Å². The molecule has 0 radical (unpaired) electrons. The predicted molar refractivity (Wildman–Crippen MR) is 103 cm³/mol. The largest absolute Gasteiger partial charge is 0.496 e. The van der Waals surface area contributed by atoms with Gasteiger partial charge in [-0.1, -0.05) is 18.2 Å². The summed E-state index contributed by atoms with van der Waals surface area (Å²) < 4.78 is 15.6. The van der Waals surface area contributed by atoms with E-state index >= 15 is 0 Å². The van der Waals surface area contributed by atoms with Crippen LogP contribution >= 0.6 is 0 Å². The Bertz CT molecular complexity index is 1140. The molecular formula is C19H18N4O6. The number of carbonyl (C=O) groups is 2. The van der Waals surface area contributed by atoms with E-state index in [9.17, 15) is 14.4 Å². The summed E-state index contributed by atoms with van der Waals surface area (Å²) in [6.07, 6.45) is 0. The van der Waals surface area contributed by atoms with Gasteiger partial charge in [-0.3, -0.25) is 25.2 Å². The van der Waals surface area contributed by atoms with E-state index in [0.717, 1.165) is 0 Å². The van der Waals surface area contributed by atoms with Gasteiger partial charge in [0, 0.05) is 17.5 Å². The SMILES string of the molecule is COc1cc(OC)c(C(=O)NNC(=O)c2n[nH]c(=O)c3ccccc23)cc1OC. The van der Waals surface area contributed by atoms with Crippen molar-refractivity contribution in [1.29, 1.82) is 0 Å². The van der Waals surface area contributed by atoms with Gasteiger partial charge in [-0.25, -0.2) is 5.10 Å². The van der Waals surface area contributed by atoms with Crippen LogP contribution in [0.25, 0.3) is 10.8 Å². The number of hydrogen-bond acceptors (Lipinski definition) is 7. The molecule has 1 heterocycles. The number of aromatic amines is 1. The van der Waals surface area contributed by atoms with Crippen molar-refractivity contribution in [2.45, 2.75) is 0 Å². The van der Waals surface area contributed by atoms with E-state index in [-0.39, 0.29) is 17.0 Å². The number of nitrogens with one attached hydrogen (secondary N) is 3. The summed E-state index contributed by atoms with van der Waals surface area (Å²) in [5.41, 5.74) is 4.22. The summed E-state index contributed by atoms with van der Waals surface area (Å²) in [5, 5.41) is 6.70. The molecule has 2 aromatic carbocycles. The molecule has 3 aromatic rings. The van der Waals surface area contributed by atoms with Gasteiger partial charge in [0.15, 0.2) is 17.2 Å². The molecule has 0 aliphatic heterocycles. The summed E-state index contributed by atoms with van der Waals surface area (Å²) >= 11 is 0. The molecule has 0 bridgehead atoms. The van der Waals surface area contributed by atoms with Crippen LogP contribution < -0.4 is 30.6 Å². The normalized spacial score (nSPS) is 10.3. The first-order valence-corrected chi connectivity index (χ1v) is 8.38. The Hall–Kier alpha value is -4.08. The molecule has 0 aliphatic rings. The summed E-state index contributed by atoms with van der Waals surface area (Å²) in [6, 6.07) is 9.42. The molecule has 3 rings (SSSR count). The second-order valence-electron chi connectivity index (χ2n) is 5.76. The van der Waals surface area contributed by atoms with Gasteiger partial charge < -0.3 is 14.2 Å². The molecule has 0 spiro atoms. The second-order valence-corrected chi connectivity index (χ2v) is 5.76. The van der Waals surface area contributed by atoms with Crippen LogP contribution in [0.2, 0.25) is 0 Å². The number of ether oxygens (including phenoxy) is 3. The average Bonchev–Trinajstić information content (AvgIpc) is 2.76. The minimum absolute atomic E-state index is 0.0419. The lowest BCUT2D eigenvalue weighted by Crippen LogP contribution is -2.42. The van der Waals surface area contributed by atoms with Crippen LogP contribution in [0.1, 0.15) is 20.8 Å². The molecule has 0 saturated carbocycles. The zero-order valence-corrected chi connectivity index (χ0v) is 15.9. The maximum Gasteiger partial charge on any atom is 0.290 e. The van der Waals surface area contributed by atoms with Crippen molar-refractivity contribution < 1.29 is 23.8 Å². The van der Waals surface area contributed by atoms with Crippen molar-refractivity contribution in [3.05, 3.63) is 58.0 Å². The standard InChI is InChI=1S/C19H18N4O6/c1-27-13-9-15(29-3)14(28-2)8-12(13)18(25)22-23-19(26)16-10-6-4-5-7-11(10)17(24)21-20-16/h4-9H,1-3H3,(H,21,24)(H,22,25)(H,23,26). The third kappa shape index (κ3) is 3.81.